The normalized spacial score (nSPS) is 22.9. The van der Waals surface area contributed by atoms with Crippen LogP contribution in [0.4, 0.5) is 0 Å². The first-order valence-electron chi connectivity index (χ1n) is 7.41. The van der Waals surface area contributed by atoms with Gasteiger partial charge in [-0.05, 0) is 55.8 Å². The molecule has 2 fully saturated rings. The molecule has 2 aliphatic rings. The summed E-state index contributed by atoms with van der Waals surface area (Å²) in [5, 5.41) is 9.17. The summed E-state index contributed by atoms with van der Waals surface area (Å²) in [5.74, 6) is 0.972. The van der Waals surface area contributed by atoms with Gasteiger partial charge in [-0.15, -0.1) is 0 Å². The van der Waals surface area contributed by atoms with Gasteiger partial charge in [-0.3, -0.25) is 9.69 Å². The van der Waals surface area contributed by atoms with Gasteiger partial charge in [-0.25, -0.2) is 0 Å². The third kappa shape index (κ3) is 3.31. The van der Waals surface area contributed by atoms with Crippen LogP contribution in [0.2, 0.25) is 0 Å². The van der Waals surface area contributed by atoms with Crippen molar-refractivity contribution in [1.82, 2.24) is 4.90 Å². The zero-order chi connectivity index (χ0) is 13.9. The number of carboxylic acid groups (broad SMARTS) is 1. The van der Waals surface area contributed by atoms with Crippen molar-refractivity contribution >= 4 is 5.97 Å². The summed E-state index contributed by atoms with van der Waals surface area (Å²) in [5.41, 5.74) is 1.15. The molecule has 1 N–H and O–H groups in total. The maximum atomic E-state index is 11.1. The lowest BCUT2D eigenvalue weighted by Crippen LogP contribution is -2.35. The van der Waals surface area contributed by atoms with Gasteiger partial charge in [0.05, 0.1) is 6.61 Å². The molecular weight excluding hydrogens is 254 g/mol. The Morgan fingerprint density at radius 2 is 2.00 bits per heavy atom. The highest BCUT2D eigenvalue weighted by molar-refractivity contribution is 5.73. The zero-order valence-electron chi connectivity index (χ0n) is 11.6. The Labute approximate surface area is 119 Å². The van der Waals surface area contributed by atoms with Gasteiger partial charge in [-0.2, -0.15) is 0 Å². The van der Waals surface area contributed by atoms with Crippen LogP contribution in [0.15, 0.2) is 24.3 Å². The van der Waals surface area contributed by atoms with E-state index in [1.54, 1.807) is 0 Å². The van der Waals surface area contributed by atoms with Gasteiger partial charge in [0.1, 0.15) is 11.8 Å². The topological polar surface area (TPSA) is 49.8 Å². The molecule has 4 nitrogen and oxygen atoms in total. The second kappa shape index (κ2) is 5.83. The first kappa shape index (κ1) is 13.4. The van der Waals surface area contributed by atoms with E-state index in [1.165, 1.54) is 12.8 Å². The summed E-state index contributed by atoms with van der Waals surface area (Å²) in [4.78, 5) is 13.2. The molecule has 0 radical (unpaired) electrons. The van der Waals surface area contributed by atoms with E-state index >= 15 is 0 Å². The minimum absolute atomic E-state index is 0.319. The van der Waals surface area contributed by atoms with E-state index in [4.69, 9.17) is 4.74 Å². The largest absolute Gasteiger partial charge is 0.493 e. The molecule has 108 valence electrons. The predicted octanol–water partition coefficient (Wildman–Crippen LogP) is 2.52. The molecule has 1 saturated carbocycles. The lowest BCUT2D eigenvalue weighted by atomic mass is 10.2. The van der Waals surface area contributed by atoms with Crippen LogP contribution in [0.5, 0.6) is 5.75 Å². The SMILES string of the molecule is O=C(O)[C@@H]1CCCN1Cc1ccc(OCC2CC2)cc1. The Bertz CT molecular complexity index is 467. The molecule has 1 aliphatic heterocycles. The molecule has 1 saturated heterocycles. The number of carbonyl (C=O) groups is 1. The number of hydrogen-bond acceptors (Lipinski definition) is 3. The molecule has 0 spiro atoms. The smallest absolute Gasteiger partial charge is 0.320 e. The van der Waals surface area contributed by atoms with E-state index in [-0.39, 0.29) is 6.04 Å². The van der Waals surface area contributed by atoms with Crippen LogP contribution >= 0.6 is 0 Å². The zero-order valence-corrected chi connectivity index (χ0v) is 11.6. The Balaban J connectivity index is 1.55. The van der Waals surface area contributed by atoms with Crippen LogP contribution in [0.25, 0.3) is 0 Å². The first-order chi connectivity index (χ1) is 9.72. The van der Waals surface area contributed by atoms with Crippen molar-refractivity contribution in [3.05, 3.63) is 29.8 Å². The fraction of sp³-hybridized carbons (Fsp3) is 0.562. The third-order valence-electron chi connectivity index (χ3n) is 4.14. The summed E-state index contributed by atoms with van der Waals surface area (Å²) >= 11 is 0. The molecule has 1 aromatic rings. The van der Waals surface area contributed by atoms with Crippen LogP contribution in [0.3, 0.4) is 0 Å². The molecule has 0 amide bonds. The van der Waals surface area contributed by atoms with Gasteiger partial charge in [0.25, 0.3) is 0 Å². The van der Waals surface area contributed by atoms with E-state index in [1.807, 2.05) is 29.2 Å². The van der Waals surface area contributed by atoms with Crippen molar-refractivity contribution in [2.24, 2.45) is 5.92 Å². The molecule has 3 rings (SSSR count). The van der Waals surface area contributed by atoms with E-state index in [0.717, 1.165) is 43.2 Å². The summed E-state index contributed by atoms with van der Waals surface area (Å²) in [6.45, 7) is 2.41. The average molecular weight is 275 g/mol. The number of benzene rings is 1. The Kier molecular flexibility index (Phi) is 3.92. The van der Waals surface area contributed by atoms with E-state index in [9.17, 15) is 9.90 Å². The van der Waals surface area contributed by atoms with Crippen molar-refractivity contribution in [2.45, 2.75) is 38.3 Å². The summed E-state index contributed by atoms with van der Waals surface area (Å²) in [6.07, 6.45) is 4.32. The number of carboxylic acids is 1. The highest BCUT2D eigenvalue weighted by atomic mass is 16.5. The fourth-order valence-electron chi connectivity index (χ4n) is 2.72. The Morgan fingerprint density at radius 3 is 2.65 bits per heavy atom. The molecule has 4 heteroatoms. The lowest BCUT2D eigenvalue weighted by molar-refractivity contribution is -0.142. The van der Waals surface area contributed by atoms with Gasteiger partial charge in [0, 0.05) is 6.54 Å². The highest BCUT2D eigenvalue weighted by Gasteiger charge is 2.30. The summed E-state index contributed by atoms with van der Waals surface area (Å²) in [6, 6.07) is 7.74. The quantitative estimate of drug-likeness (QED) is 0.866. The molecule has 1 heterocycles. The van der Waals surface area contributed by atoms with Gasteiger partial charge in [-0.1, -0.05) is 12.1 Å². The minimum Gasteiger partial charge on any atom is -0.493 e. The van der Waals surface area contributed by atoms with Gasteiger partial charge in [0.2, 0.25) is 0 Å². The van der Waals surface area contributed by atoms with Crippen LogP contribution in [0.1, 0.15) is 31.2 Å². The molecule has 1 atom stereocenters. The Morgan fingerprint density at radius 1 is 1.25 bits per heavy atom. The van der Waals surface area contributed by atoms with Crippen LogP contribution < -0.4 is 4.74 Å². The van der Waals surface area contributed by atoms with Crippen molar-refractivity contribution in [1.29, 1.82) is 0 Å². The summed E-state index contributed by atoms with van der Waals surface area (Å²) < 4.78 is 5.71. The maximum Gasteiger partial charge on any atom is 0.320 e. The third-order valence-corrected chi connectivity index (χ3v) is 4.14. The standard InChI is InChI=1S/C16H21NO3/c18-16(19)15-2-1-9-17(15)10-12-5-7-14(8-6-12)20-11-13-3-4-13/h5-8,13,15H,1-4,9-11H2,(H,18,19)/t15-/m0/s1. The van der Waals surface area contributed by atoms with Gasteiger partial charge in [0.15, 0.2) is 0 Å². The van der Waals surface area contributed by atoms with Crippen molar-refractivity contribution in [3.8, 4) is 5.75 Å². The maximum absolute atomic E-state index is 11.1. The Hall–Kier alpha value is -1.55. The van der Waals surface area contributed by atoms with Crippen molar-refractivity contribution in [2.75, 3.05) is 13.2 Å². The lowest BCUT2D eigenvalue weighted by Gasteiger charge is -2.21. The number of rotatable bonds is 6. The molecule has 0 unspecified atom stereocenters. The second-order valence-electron chi connectivity index (χ2n) is 5.87. The molecule has 1 aromatic carbocycles. The predicted molar refractivity (Wildman–Crippen MR) is 75.7 cm³/mol. The molecule has 0 aromatic heterocycles. The number of hydrogen-bond donors (Lipinski definition) is 1. The van der Waals surface area contributed by atoms with Crippen molar-refractivity contribution in [3.63, 3.8) is 0 Å². The van der Waals surface area contributed by atoms with Crippen LogP contribution in [-0.4, -0.2) is 35.2 Å². The van der Waals surface area contributed by atoms with Crippen molar-refractivity contribution < 1.29 is 14.6 Å². The molecule has 0 bridgehead atoms. The number of nitrogens with zero attached hydrogens (tertiary/aromatic N) is 1. The monoisotopic (exact) mass is 275 g/mol. The van der Waals surface area contributed by atoms with E-state index < -0.39 is 5.97 Å². The summed E-state index contributed by atoms with van der Waals surface area (Å²) in [7, 11) is 0. The fourth-order valence-corrected chi connectivity index (χ4v) is 2.72. The van der Waals surface area contributed by atoms with Crippen LogP contribution in [0, 0.1) is 5.92 Å². The van der Waals surface area contributed by atoms with Gasteiger partial charge >= 0.3 is 5.97 Å². The van der Waals surface area contributed by atoms with Crippen LogP contribution in [-0.2, 0) is 11.3 Å². The minimum atomic E-state index is -0.702. The average Bonchev–Trinajstić information content (AvgIpc) is 3.16. The number of aliphatic carboxylic acids is 1. The molecule has 20 heavy (non-hydrogen) atoms. The molecular formula is C16H21NO3. The van der Waals surface area contributed by atoms with Gasteiger partial charge < -0.3 is 9.84 Å². The second-order valence-corrected chi connectivity index (χ2v) is 5.87. The molecule has 1 aliphatic carbocycles. The van der Waals surface area contributed by atoms with E-state index in [2.05, 4.69) is 0 Å². The number of likely N-dealkylation sites (tertiary alicyclic amines) is 1. The first-order valence-corrected chi connectivity index (χ1v) is 7.41. The highest BCUT2D eigenvalue weighted by Crippen LogP contribution is 2.29. The number of ether oxygens (including phenoxy) is 1. The van der Waals surface area contributed by atoms with E-state index in [0.29, 0.717) is 6.54 Å².